The molecule has 0 atom stereocenters. The molecular weight excluding hydrogens is 216 g/mol. The van der Waals surface area contributed by atoms with E-state index in [4.69, 9.17) is 0 Å². The minimum atomic E-state index is 0.859. The summed E-state index contributed by atoms with van der Waals surface area (Å²) in [6, 6.07) is 0. The zero-order valence-electron chi connectivity index (χ0n) is 12.1. The van der Waals surface area contributed by atoms with Crippen LogP contribution in [0.5, 0.6) is 0 Å². The van der Waals surface area contributed by atoms with E-state index in [9.17, 15) is 0 Å². The Morgan fingerprint density at radius 3 is 2.44 bits per heavy atom. The molecule has 1 fully saturated rings. The first-order valence-corrected chi connectivity index (χ1v) is 7.90. The first kappa shape index (κ1) is 13.6. The summed E-state index contributed by atoms with van der Waals surface area (Å²) in [6.45, 7) is 4.54. The van der Waals surface area contributed by atoms with Gasteiger partial charge in [-0.1, -0.05) is 51.0 Å². The van der Waals surface area contributed by atoms with Gasteiger partial charge in [-0.3, -0.25) is 0 Å². The number of allylic oxidation sites excluding steroid dienone is 6. The van der Waals surface area contributed by atoms with Gasteiger partial charge in [0.1, 0.15) is 0 Å². The van der Waals surface area contributed by atoms with Gasteiger partial charge in [-0.2, -0.15) is 0 Å². The maximum Gasteiger partial charge on any atom is -0.00947 e. The molecule has 2 aliphatic rings. The van der Waals surface area contributed by atoms with E-state index in [1.54, 1.807) is 5.57 Å². The van der Waals surface area contributed by atoms with E-state index in [-0.39, 0.29) is 0 Å². The van der Waals surface area contributed by atoms with E-state index < -0.39 is 0 Å². The van der Waals surface area contributed by atoms with Crippen molar-refractivity contribution >= 4 is 0 Å². The predicted octanol–water partition coefficient (Wildman–Crippen LogP) is 5.82. The van der Waals surface area contributed by atoms with Crippen molar-refractivity contribution in [1.82, 2.24) is 0 Å². The summed E-state index contributed by atoms with van der Waals surface area (Å²) in [7, 11) is 0. The predicted molar refractivity (Wildman–Crippen MR) is 80.6 cm³/mol. The van der Waals surface area contributed by atoms with E-state index in [0.29, 0.717) is 0 Å². The van der Waals surface area contributed by atoms with Crippen LogP contribution in [0.3, 0.4) is 0 Å². The van der Waals surface area contributed by atoms with Crippen LogP contribution in [0.4, 0.5) is 0 Å². The van der Waals surface area contributed by atoms with E-state index >= 15 is 0 Å². The molecule has 0 radical (unpaired) electrons. The Morgan fingerprint density at radius 1 is 1.11 bits per heavy atom. The van der Waals surface area contributed by atoms with Gasteiger partial charge in [-0.15, -0.1) is 0 Å². The standard InChI is InChI=1S/C18H28/c1-3-5-15-7-11-17(12-8-15)18-13-9-16(6-4-2)10-14-18/h5,7,11-12,16,18H,3-4,6,8-10,13-14H2,1-2H3/b15-5+. The van der Waals surface area contributed by atoms with Gasteiger partial charge in [0.2, 0.25) is 0 Å². The molecule has 0 nitrogen and oxygen atoms in total. The van der Waals surface area contributed by atoms with E-state index in [1.165, 1.54) is 44.1 Å². The van der Waals surface area contributed by atoms with Crippen LogP contribution in [0, 0.1) is 11.8 Å². The van der Waals surface area contributed by atoms with Crippen molar-refractivity contribution in [2.24, 2.45) is 11.8 Å². The SMILES string of the molecule is CC/C=C1\C=CC(C2CCC(CCC)CC2)=CC1. The molecule has 100 valence electrons. The molecule has 0 aromatic heterocycles. The van der Waals surface area contributed by atoms with E-state index in [1.807, 2.05) is 0 Å². The Hall–Kier alpha value is -0.780. The fourth-order valence-corrected chi connectivity index (χ4v) is 3.48. The second kappa shape index (κ2) is 6.97. The Labute approximate surface area is 113 Å². The normalized spacial score (nSPS) is 30.6. The summed E-state index contributed by atoms with van der Waals surface area (Å²) >= 11 is 0. The summed E-state index contributed by atoms with van der Waals surface area (Å²) in [5, 5.41) is 0. The van der Waals surface area contributed by atoms with E-state index in [2.05, 4.69) is 38.2 Å². The van der Waals surface area contributed by atoms with Crippen molar-refractivity contribution in [3.8, 4) is 0 Å². The van der Waals surface area contributed by atoms with Gasteiger partial charge in [0.15, 0.2) is 0 Å². The summed E-state index contributed by atoms with van der Waals surface area (Å²) in [5.74, 6) is 1.88. The highest BCUT2D eigenvalue weighted by Crippen LogP contribution is 2.37. The average Bonchev–Trinajstić information content (AvgIpc) is 2.41. The van der Waals surface area contributed by atoms with Gasteiger partial charge in [-0.25, -0.2) is 0 Å². The molecule has 0 amide bonds. The Morgan fingerprint density at radius 2 is 1.89 bits per heavy atom. The molecule has 2 rings (SSSR count). The van der Waals surface area contributed by atoms with Crippen molar-refractivity contribution in [3.63, 3.8) is 0 Å². The van der Waals surface area contributed by atoms with Crippen LogP contribution in [0.15, 0.2) is 35.5 Å². The molecular formula is C18H28. The van der Waals surface area contributed by atoms with Gasteiger partial charge in [-0.05, 0) is 61.5 Å². The van der Waals surface area contributed by atoms with Gasteiger partial charge in [0, 0.05) is 0 Å². The maximum absolute atomic E-state index is 2.48. The van der Waals surface area contributed by atoms with Crippen LogP contribution in [0.25, 0.3) is 0 Å². The minimum Gasteiger partial charge on any atom is -0.0813 e. The van der Waals surface area contributed by atoms with Crippen molar-refractivity contribution < 1.29 is 0 Å². The van der Waals surface area contributed by atoms with Crippen LogP contribution in [0.2, 0.25) is 0 Å². The van der Waals surface area contributed by atoms with Gasteiger partial charge in [0.25, 0.3) is 0 Å². The van der Waals surface area contributed by atoms with Crippen LogP contribution in [-0.2, 0) is 0 Å². The highest BCUT2D eigenvalue weighted by molar-refractivity contribution is 5.36. The molecule has 2 aliphatic carbocycles. The second-order valence-corrected chi connectivity index (χ2v) is 5.94. The molecule has 0 aliphatic heterocycles. The van der Waals surface area contributed by atoms with Crippen LogP contribution in [0.1, 0.15) is 65.2 Å². The van der Waals surface area contributed by atoms with Crippen molar-refractivity contribution in [2.75, 3.05) is 0 Å². The fourth-order valence-electron chi connectivity index (χ4n) is 3.48. The molecule has 0 aromatic carbocycles. The molecule has 1 saturated carbocycles. The van der Waals surface area contributed by atoms with Crippen LogP contribution < -0.4 is 0 Å². The lowest BCUT2D eigenvalue weighted by Crippen LogP contribution is -2.16. The third-order valence-electron chi connectivity index (χ3n) is 4.54. The summed E-state index contributed by atoms with van der Waals surface area (Å²) in [5.41, 5.74) is 3.12. The largest absolute Gasteiger partial charge is 0.0813 e. The lowest BCUT2D eigenvalue weighted by atomic mass is 9.76. The summed E-state index contributed by atoms with van der Waals surface area (Å²) in [4.78, 5) is 0. The van der Waals surface area contributed by atoms with Gasteiger partial charge in [0.05, 0.1) is 0 Å². The van der Waals surface area contributed by atoms with Gasteiger partial charge < -0.3 is 0 Å². The molecule has 0 saturated heterocycles. The average molecular weight is 244 g/mol. The quantitative estimate of drug-likeness (QED) is 0.585. The van der Waals surface area contributed by atoms with E-state index in [0.717, 1.165) is 24.7 Å². The Balaban J connectivity index is 1.84. The second-order valence-electron chi connectivity index (χ2n) is 5.94. The minimum absolute atomic E-state index is 0.859. The highest BCUT2D eigenvalue weighted by Gasteiger charge is 2.22. The maximum atomic E-state index is 2.48. The molecule has 0 bridgehead atoms. The zero-order chi connectivity index (χ0) is 12.8. The van der Waals surface area contributed by atoms with Crippen LogP contribution >= 0.6 is 0 Å². The molecule has 0 N–H and O–H groups in total. The Bertz CT molecular complexity index is 335. The molecule has 0 spiro atoms. The first-order chi connectivity index (χ1) is 8.83. The fraction of sp³-hybridized carbons (Fsp3) is 0.667. The van der Waals surface area contributed by atoms with Crippen molar-refractivity contribution in [2.45, 2.75) is 65.2 Å². The van der Waals surface area contributed by atoms with Gasteiger partial charge >= 0.3 is 0 Å². The lowest BCUT2D eigenvalue weighted by Gasteiger charge is -2.30. The van der Waals surface area contributed by atoms with Crippen LogP contribution in [-0.4, -0.2) is 0 Å². The molecule has 0 unspecified atom stereocenters. The van der Waals surface area contributed by atoms with Crippen molar-refractivity contribution in [3.05, 3.63) is 35.5 Å². The Kier molecular flexibility index (Phi) is 5.28. The third-order valence-corrected chi connectivity index (χ3v) is 4.54. The van der Waals surface area contributed by atoms with Crippen molar-refractivity contribution in [1.29, 1.82) is 0 Å². The topological polar surface area (TPSA) is 0 Å². The number of rotatable bonds is 4. The number of hydrogen-bond donors (Lipinski definition) is 0. The molecule has 0 heterocycles. The first-order valence-electron chi connectivity index (χ1n) is 7.90. The molecule has 0 aromatic rings. The highest BCUT2D eigenvalue weighted by atomic mass is 14.3. The summed E-state index contributed by atoms with van der Waals surface area (Å²) < 4.78 is 0. The summed E-state index contributed by atoms with van der Waals surface area (Å²) in [6.07, 6.45) is 20.5. The smallest absolute Gasteiger partial charge is 0.00947 e. The lowest BCUT2D eigenvalue weighted by molar-refractivity contribution is 0.288. The number of hydrogen-bond acceptors (Lipinski definition) is 0. The third kappa shape index (κ3) is 3.60. The zero-order valence-corrected chi connectivity index (χ0v) is 12.1. The molecule has 0 heteroatoms. The monoisotopic (exact) mass is 244 g/mol. The molecule has 18 heavy (non-hydrogen) atoms.